The van der Waals surface area contributed by atoms with Crippen molar-refractivity contribution in [1.29, 1.82) is 5.41 Å². The molecule has 0 unspecified atom stereocenters. The molecule has 0 aliphatic rings. The number of rotatable bonds is 4. The van der Waals surface area contributed by atoms with Gasteiger partial charge in [-0.05, 0) is 18.2 Å². The fourth-order valence-electron chi connectivity index (χ4n) is 1.44. The number of benzene rings is 1. The van der Waals surface area contributed by atoms with E-state index in [0.29, 0.717) is 0 Å². The molecule has 0 saturated heterocycles. The smallest absolute Gasteiger partial charge is 0.260 e. The molecule has 0 radical (unpaired) electrons. The van der Waals surface area contributed by atoms with Crippen molar-refractivity contribution in [3.8, 4) is 0 Å². The monoisotopic (exact) mass is 281 g/mol. The topological polar surface area (TPSA) is 104 Å². The highest BCUT2D eigenvalue weighted by Crippen LogP contribution is 2.13. The Kier molecular flexibility index (Phi) is 4.44. The predicted molar refractivity (Wildman–Crippen MR) is 72.7 cm³/mol. The highest BCUT2D eigenvalue weighted by Gasteiger charge is 2.18. The van der Waals surface area contributed by atoms with Crippen LogP contribution in [0, 0.1) is 5.41 Å². The largest absolute Gasteiger partial charge is 0.370 e. The number of guanidine groups is 1. The van der Waals surface area contributed by atoms with Gasteiger partial charge in [0, 0.05) is 18.4 Å². The van der Waals surface area contributed by atoms with E-state index in [2.05, 4.69) is 6.58 Å². The minimum Gasteiger partial charge on any atom is -0.370 e. The maximum atomic E-state index is 12.1. The highest BCUT2D eigenvalue weighted by atomic mass is 32.2. The first-order valence-corrected chi connectivity index (χ1v) is 7.23. The normalized spacial score (nSPS) is 10.8. The molecule has 1 aromatic rings. The van der Waals surface area contributed by atoms with Crippen LogP contribution >= 0.6 is 0 Å². The van der Waals surface area contributed by atoms with Crippen LogP contribution in [0.5, 0.6) is 0 Å². The van der Waals surface area contributed by atoms with Crippen LogP contribution in [0.2, 0.25) is 0 Å². The Bertz CT molecular complexity index is 623. The van der Waals surface area contributed by atoms with Crippen molar-refractivity contribution in [1.82, 2.24) is 4.90 Å². The average molecular weight is 281 g/mol. The molecule has 1 aromatic carbocycles. The second-order valence-electron chi connectivity index (χ2n) is 3.89. The van der Waals surface area contributed by atoms with Gasteiger partial charge in [0.25, 0.3) is 5.91 Å². The zero-order valence-corrected chi connectivity index (χ0v) is 11.3. The van der Waals surface area contributed by atoms with Crippen LogP contribution in [0.15, 0.2) is 41.8 Å². The van der Waals surface area contributed by atoms with Crippen LogP contribution in [0.3, 0.4) is 0 Å². The Hall–Kier alpha value is -2.15. The van der Waals surface area contributed by atoms with Crippen molar-refractivity contribution in [2.75, 3.05) is 12.8 Å². The molecule has 102 valence electrons. The van der Waals surface area contributed by atoms with E-state index in [9.17, 15) is 13.2 Å². The number of carbonyl (C=O) groups excluding carboxylic acids is 1. The second-order valence-corrected chi connectivity index (χ2v) is 5.91. The fraction of sp³-hybridized carbons (Fsp3) is 0.167. The molecule has 7 heteroatoms. The number of carbonyl (C=O) groups is 1. The van der Waals surface area contributed by atoms with E-state index >= 15 is 0 Å². The highest BCUT2D eigenvalue weighted by molar-refractivity contribution is 7.90. The quantitative estimate of drug-likeness (QED) is 0.479. The van der Waals surface area contributed by atoms with Gasteiger partial charge < -0.3 is 5.73 Å². The molecule has 0 fully saturated rings. The van der Waals surface area contributed by atoms with Gasteiger partial charge in [-0.25, -0.2) is 8.42 Å². The van der Waals surface area contributed by atoms with E-state index in [1.165, 1.54) is 30.3 Å². The second kappa shape index (κ2) is 5.66. The number of hydrogen-bond donors (Lipinski definition) is 2. The van der Waals surface area contributed by atoms with Gasteiger partial charge in [0.05, 0.1) is 4.90 Å². The maximum absolute atomic E-state index is 12.1. The Morgan fingerprint density at radius 3 is 2.63 bits per heavy atom. The van der Waals surface area contributed by atoms with E-state index in [4.69, 9.17) is 11.1 Å². The van der Waals surface area contributed by atoms with Crippen molar-refractivity contribution in [3.05, 3.63) is 42.5 Å². The van der Waals surface area contributed by atoms with E-state index in [0.717, 1.165) is 11.2 Å². The van der Waals surface area contributed by atoms with Crippen LogP contribution < -0.4 is 5.73 Å². The average Bonchev–Trinajstić information content (AvgIpc) is 2.34. The summed E-state index contributed by atoms with van der Waals surface area (Å²) >= 11 is 0. The molecular formula is C12H15N3O3S. The molecule has 1 rings (SSSR count). The van der Waals surface area contributed by atoms with E-state index in [1.807, 2.05) is 0 Å². The summed E-state index contributed by atoms with van der Waals surface area (Å²) in [6.45, 7) is 3.55. The molecule has 0 spiro atoms. The number of amides is 1. The van der Waals surface area contributed by atoms with Crippen molar-refractivity contribution < 1.29 is 13.2 Å². The van der Waals surface area contributed by atoms with Crippen molar-refractivity contribution >= 4 is 21.7 Å². The summed E-state index contributed by atoms with van der Waals surface area (Å²) in [7, 11) is -3.39. The summed E-state index contributed by atoms with van der Waals surface area (Å²) in [5.41, 5.74) is 5.46. The zero-order chi connectivity index (χ0) is 14.6. The number of hydrogen-bond acceptors (Lipinski definition) is 4. The van der Waals surface area contributed by atoms with Crippen molar-refractivity contribution in [2.45, 2.75) is 4.90 Å². The molecule has 0 saturated carbocycles. The lowest BCUT2D eigenvalue weighted by Gasteiger charge is -2.18. The van der Waals surface area contributed by atoms with E-state index < -0.39 is 21.7 Å². The lowest BCUT2D eigenvalue weighted by atomic mass is 10.2. The predicted octanol–water partition coefficient (Wildman–Crippen LogP) is 0.612. The SMILES string of the molecule is C=CCN(C(=N)N)C(=O)c1cccc(S(C)(=O)=O)c1. The van der Waals surface area contributed by atoms with Gasteiger partial charge in [-0.3, -0.25) is 15.1 Å². The molecule has 0 bridgehead atoms. The van der Waals surface area contributed by atoms with Crippen LogP contribution in [-0.4, -0.2) is 38.0 Å². The summed E-state index contributed by atoms with van der Waals surface area (Å²) in [4.78, 5) is 13.2. The van der Waals surface area contributed by atoms with Crippen LogP contribution in [0.1, 0.15) is 10.4 Å². The van der Waals surface area contributed by atoms with Gasteiger partial charge in [0.15, 0.2) is 15.8 Å². The maximum Gasteiger partial charge on any atom is 0.260 e. The minimum atomic E-state index is -3.39. The fourth-order valence-corrected chi connectivity index (χ4v) is 2.10. The minimum absolute atomic E-state index is 0.0421. The van der Waals surface area contributed by atoms with E-state index in [-0.39, 0.29) is 17.0 Å². The molecule has 0 aromatic heterocycles. The summed E-state index contributed by atoms with van der Waals surface area (Å²) in [6, 6.07) is 5.60. The lowest BCUT2D eigenvalue weighted by molar-refractivity contribution is 0.0856. The molecule has 0 aliphatic heterocycles. The van der Waals surface area contributed by atoms with E-state index in [1.54, 1.807) is 0 Å². The summed E-state index contributed by atoms with van der Waals surface area (Å²) in [5, 5.41) is 7.33. The Morgan fingerprint density at radius 1 is 1.53 bits per heavy atom. The summed E-state index contributed by atoms with van der Waals surface area (Å²) in [6.07, 6.45) is 2.49. The third-order valence-electron chi connectivity index (χ3n) is 2.36. The summed E-state index contributed by atoms with van der Waals surface area (Å²) in [5.74, 6) is -0.965. The van der Waals surface area contributed by atoms with Gasteiger partial charge in [-0.2, -0.15) is 0 Å². The standard InChI is InChI=1S/C12H15N3O3S/c1-3-7-15(12(13)14)11(16)9-5-4-6-10(8-9)19(2,17)18/h3-6,8H,1,7H2,2H3,(H3,13,14). The molecule has 19 heavy (non-hydrogen) atoms. The third kappa shape index (κ3) is 3.65. The first-order valence-electron chi connectivity index (χ1n) is 5.34. The first-order chi connectivity index (χ1) is 8.77. The number of sulfone groups is 1. The molecule has 0 heterocycles. The van der Waals surface area contributed by atoms with Crippen LogP contribution in [0.4, 0.5) is 0 Å². The summed E-state index contributed by atoms with van der Waals surface area (Å²) < 4.78 is 22.9. The van der Waals surface area contributed by atoms with Gasteiger partial charge in [-0.15, -0.1) is 6.58 Å². The molecule has 0 atom stereocenters. The molecular weight excluding hydrogens is 266 g/mol. The number of nitrogens with zero attached hydrogens (tertiary/aromatic N) is 1. The lowest BCUT2D eigenvalue weighted by Crippen LogP contribution is -2.41. The molecule has 0 aliphatic carbocycles. The zero-order valence-electron chi connectivity index (χ0n) is 10.5. The van der Waals surface area contributed by atoms with Crippen molar-refractivity contribution in [3.63, 3.8) is 0 Å². The first kappa shape index (κ1) is 14.9. The Balaban J connectivity index is 3.19. The van der Waals surface area contributed by atoms with Crippen molar-refractivity contribution in [2.24, 2.45) is 5.73 Å². The van der Waals surface area contributed by atoms with Gasteiger partial charge in [0.1, 0.15) is 0 Å². The number of nitrogens with one attached hydrogen (secondary N) is 1. The molecule has 3 N–H and O–H groups in total. The van der Waals surface area contributed by atoms with Crippen LogP contribution in [0.25, 0.3) is 0 Å². The Morgan fingerprint density at radius 2 is 2.16 bits per heavy atom. The van der Waals surface area contributed by atoms with Gasteiger partial charge in [-0.1, -0.05) is 12.1 Å². The van der Waals surface area contributed by atoms with Gasteiger partial charge in [0.2, 0.25) is 0 Å². The number of nitrogens with two attached hydrogens (primary N) is 1. The molecule has 1 amide bonds. The third-order valence-corrected chi connectivity index (χ3v) is 3.47. The Labute approximate surface area is 112 Å². The van der Waals surface area contributed by atoms with Gasteiger partial charge >= 0.3 is 0 Å². The van der Waals surface area contributed by atoms with Crippen LogP contribution in [-0.2, 0) is 9.84 Å². The molecule has 6 nitrogen and oxygen atoms in total.